The number of aromatic hydroxyl groups is 1. The van der Waals surface area contributed by atoms with Crippen molar-refractivity contribution in [2.24, 2.45) is 0 Å². The molecule has 3 rings (SSSR count). The fraction of sp³-hybridized carbons (Fsp3) is 0.350. The minimum absolute atomic E-state index is 0.0323. The molecule has 5 nitrogen and oxygen atoms in total. The van der Waals surface area contributed by atoms with Crippen LogP contribution in [0.15, 0.2) is 48.5 Å². The fourth-order valence-electron chi connectivity index (χ4n) is 3.25. The van der Waals surface area contributed by atoms with E-state index >= 15 is 0 Å². The van der Waals surface area contributed by atoms with E-state index in [1.165, 1.54) is 0 Å². The summed E-state index contributed by atoms with van der Waals surface area (Å²) in [5, 5.41) is 20.1. The Morgan fingerprint density at radius 2 is 2.00 bits per heavy atom. The van der Waals surface area contributed by atoms with Crippen molar-refractivity contribution in [3.05, 3.63) is 65.2 Å². The highest BCUT2D eigenvalue weighted by Gasteiger charge is 2.24. The number of nitrogens with zero attached hydrogens (tertiary/aromatic N) is 2. The van der Waals surface area contributed by atoms with Gasteiger partial charge in [-0.3, -0.25) is 9.69 Å². The number of carbonyl (C=O) groups is 1. The molecule has 2 N–H and O–H groups in total. The number of carbonyl (C=O) groups excluding carboxylic acids is 1. The second-order valence-electron chi connectivity index (χ2n) is 6.62. The number of phenols is 1. The van der Waals surface area contributed by atoms with Crippen molar-refractivity contribution in [3.8, 4) is 5.75 Å². The minimum Gasteiger partial charge on any atom is -0.508 e. The molecule has 0 radical (unpaired) electrons. The van der Waals surface area contributed by atoms with Crippen LogP contribution in [0.3, 0.4) is 0 Å². The van der Waals surface area contributed by atoms with Crippen molar-refractivity contribution in [2.45, 2.75) is 19.1 Å². The number of fused-ring (bicyclic) bond motifs is 1. The van der Waals surface area contributed by atoms with E-state index in [4.69, 9.17) is 0 Å². The lowest BCUT2D eigenvalue weighted by molar-refractivity contribution is -0.131. The molecule has 25 heavy (non-hydrogen) atoms. The lowest BCUT2D eigenvalue weighted by atomic mass is 10.0. The first-order chi connectivity index (χ1) is 12.0. The van der Waals surface area contributed by atoms with Gasteiger partial charge in [0.2, 0.25) is 5.91 Å². The average molecular weight is 340 g/mol. The van der Waals surface area contributed by atoms with Crippen molar-refractivity contribution in [3.63, 3.8) is 0 Å². The fourth-order valence-corrected chi connectivity index (χ4v) is 3.25. The molecule has 2 aromatic rings. The molecule has 0 saturated carbocycles. The zero-order valence-corrected chi connectivity index (χ0v) is 14.4. The van der Waals surface area contributed by atoms with Gasteiger partial charge in [-0.1, -0.05) is 36.4 Å². The van der Waals surface area contributed by atoms with Crippen molar-refractivity contribution >= 4 is 5.91 Å². The zero-order valence-electron chi connectivity index (χ0n) is 14.4. The maximum atomic E-state index is 12.5. The molecule has 0 saturated heterocycles. The highest BCUT2D eigenvalue weighted by Crippen LogP contribution is 2.26. The van der Waals surface area contributed by atoms with Gasteiger partial charge >= 0.3 is 0 Å². The molecule has 1 aliphatic heterocycles. The number of hydrogen-bond acceptors (Lipinski definition) is 4. The normalized spacial score (nSPS) is 17.6. The summed E-state index contributed by atoms with van der Waals surface area (Å²) in [5.74, 6) is 0.239. The van der Waals surface area contributed by atoms with Crippen LogP contribution in [-0.4, -0.2) is 52.6 Å². The summed E-state index contributed by atoms with van der Waals surface area (Å²) >= 11 is 0. The molecule has 0 spiro atoms. The van der Waals surface area contributed by atoms with Gasteiger partial charge in [-0.05, 0) is 35.2 Å². The Morgan fingerprint density at radius 3 is 2.76 bits per heavy atom. The largest absolute Gasteiger partial charge is 0.508 e. The molecule has 1 heterocycles. The molecule has 0 bridgehead atoms. The first-order valence-corrected chi connectivity index (χ1v) is 8.53. The van der Waals surface area contributed by atoms with Crippen LogP contribution in [0.4, 0.5) is 0 Å². The molecule has 1 unspecified atom stereocenters. The van der Waals surface area contributed by atoms with E-state index in [9.17, 15) is 15.0 Å². The van der Waals surface area contributed by atoms with Crippen LogP contribution in [0.25, 0.3) is 0 Å². The lowest BCUT2D eigenvalue weighted by Crippen LogP contribution is -2.39. The van der Waals surface area contributed by atoms with Crippen LogP contribution >= 0.6 is 0 Å². The van der Waals surface area contributed by atoms with Crippen molar-refractivity contribution in [1.29, 1.82) is 0 Å². The Labute approximate surface area is 148 Å². The maximum Gasteiger partial charge on any atom is 0.236 e. The number of amides is 1. The van der Waals surface area contributed by atoms with Gasteiger partial charge in [0.25, 0.3) is 0 Å². The second-order valence-corrected chi connectivity index (χ2v) is 6.62. The van der Waals surface area contributed by atoms with E-state index < -0.39 is 6.10 Å². The molecule has 0 aromatic heterocycles. The molecule has 5 heteroatoms. The number of phenolic OH excluding ortho intramolecular Hbond substituents is 1. The molecule has 132 valence electrons. The summed E-state index contributed by atoms with van der Waals surface area (Å²) in [5.41, 5.74) is 2.88. The first-order valence-electron chi connectivity index (χ1n) is 8.53. The SMILES string of the molecule is CN(Cc1ccccc1)C(=O)CN1CCc2cc(O)ccc2C(O)C1. The van der Waals surface area contributed by atoms with Crippen LogP contribution in [0.1, 0.15) is 22.8 Å². The van der Waals surface area contributed by atoms with Gasteiger partial charge in [-0.2, -0.15) is 0 Å². The molecule has 1 aliphatic rings. The Kier molecular flexibility index (Phi) is 5.36. The van der Waals surface area contributed by atoms with Gasteiger partial charge in [0, 0.05) is 26.7 Å². The Morgan fingerprint density at radius 1 is 1.24 bits per heavy atom. The Balaban J connectivity index is 1.61. The molecule has 1 amide bonds. The molecule has 0 aliphatic carbocycles. The predicted molar refractivity (Wildman–Crippen MR) is 96.1 cm³/mol. The monoisotopic (exact) mass is 340 g/mol. The molecular formula is C20H24N2O3. The number of benzene rings is 2. The van der Waals surface area contributed by atoms with Gasteiger partial charge in [0.1, 0.15) is 5.75 Å². The summed E-state index contributed by atoms with van der Waals surface area (Å²) in [6, 6.07) is 14.9. The van der Waals surface area contributed by atoms with Crippen molar-refractivity contribution in [1.82, 2.24) is 9.80 Å². The third-order valence-corrected chi connectivity index (χ3v) is 4.66. The van der Waals surface area contributed by atoms with Gasteiger partial charge in [0.15, 0.2) is 0 Å². The number of aliphatic hydroxyl groups is 1. The van der Waals surface area contributed by atoms with E-state index in [1.807, 2.05) is 35.2 Å². The second kappa shape index (κ2) is 7.68. The van der Waals surface area contributed by atoms with E-state index in [1.54, 1.807) is 30.1 Å². The maximum absolute atomic E-state index is 12.5. The number of β-amino-alcohol motifs (C(OH)–C–C–N with tert-alkyl or cyclic N) is 1. The van der Waals surface area contributed by atoms with Crippen LogP contribution < -0.4 is 0 Å². The quantitative estimate of drug-likeness (QED) is 0.893. The average Bonchev–Trinajstić information content (AvgIpc) is 2.74. The number of rotatable bonds is 4. The molecule has 1 atom stereocenters. The minimum atomic E-state index is -0.648. The Bertz CT molecular complexity index is 733. The smallest absolute Gasteiger partial charge is 0.236 e. The molecule has 2 aromatic carbocycles. The van der Waals surface area contributed by atoms with E-state index in [0.717, 1.165) is 16.7 Å². The topological polar surface area (TPSA) is 64.0 Å². The van der Waals surface area contributed by atoms with E-state index in [0.29, 0.717) is 26.1 Å². The Hall–Kier alpha value is -2.37. The van der Waals surface area contributed by atoms with Crippen molar-refractivity contribution in [2.75, 3.05) is 26.7 Å². The molecular weight excluding hydrogens is 316 g/mol. The number of hydrogen-bond donors (Lipinski definition) is 2. The van der Waals surface area contributed by atoms with Crippen LogP contribution in [0.5, 0.6) is 5.75 Å². The zero-order chi connectivity index (χ0) is 17.8. The number of likely N-dealkylation sites (N-methyl/N-ethyl adjacent to an activating group) is 1. The summed E-state index contributed by atoms with van der Waals surface area (Å²) in [6.45, 7) is 1.95. The predicted octanol–water partition coefficient (Wildman–Crippen LogP) is 1.94. The van der Waals surface area contributed by atoms with Crippen LogP contribution in [0, 0.1) is 0 Å². The van der Waals surface area contributed by atoms with Gasteiger partial charge in [-0.15, -0.1) is 0 Å². The van der Waals surface area contributed by atoms with Crippen LogP contribution in [0.2, 0.25) is 0 Å². The third kappa shape index (κ3) is 4.38. The lowest BCUT2D eigenvalue weighted by Gasteiger charge is -2.25. The van der Waals surface area contributed by atoms with Gasteiger partial charge < -0.3 is 15.1 Å². The van der Waals surface area contributed by atoms with E-state index in [-0.39, 0.29) is 18.2 Å². The molecule has 0 fully saturated rings. The summed E-state index contributed by atoms with van der Waals surface area (Å²) in [4.78, 5) is 16.2. The van der Waals surface area contributed by atoms with E-state index in [2.05, 4.69) is 0 Å². The van der Waals surface area contributed by atoms with Gasteiger partial charge in [-0.25, -0.2) is 0 Å². The van der Waals surface area contributed by atoms with Crippen LogP contribution in [-0.2, 0) is 17.8 Å². The summed E-state index contributed by atoms with van der Waals surface area (Å²) in [7, 11) is 1.80. The van der Waals surface area contributed by atoms with Crippen molar-refractivity contribution < 1.29 is 15.0 Å². The summed E-state index contributed by atoms with van der Waals surface area (Å²) in [6.07, 6.45) is 0.0570. The highest BCUT2D eigenvalue weighted by atomic mass is 16.3. The number of aliphatic hydroxyl groups excluding tert-OH is 1. The highest BCUT2D eigenvalue weighted by molar-refractivity contribution is 5.78. The summed E-state index contributed by atoms with van der Waals surface area (Å²) < 4.78 is 0. The standard InChI is InChI=1S/C20H24N2O3/c1-21(12-15-5-3-2-4-6-15)20(25)14-22-10-9-16-11-17(23)7-8-18(16)19(24)13-22/h2-8,11,19,23-24H,9-10,12-14H2,1H3. The third-order valence-electron chi connectivity index (χ3n) is 4.66. The first kappa shape index (κ1) is 17.5. The van der Waals surface area contributed by atoms with Gasteiger partial charge in [0.05, 0.1) is 12.6 Å².